The first-order chi connectivity index (χ1) is 12.7. The number of ether oxygens (including phenoxy) is 1. The van der Waals surface area contributed by atoms with Gasteiger partial charge in [0.15, 0.2) is 5.76 Å². The van der Waals surface area contributed by atoms with Gasteiger partial charge < -0.3 is 19.8 Å². The second-order valence-electron chi connectivity index (χ2n) is 5.18. The predicted molar refractivity (Wildman–Crippen MR) is 97.6 cm³/mol. The van der Waals surface area contributed by atoms with Crippen LogP contribution >= 0.6 is 11.3 Å². The SMILES string of the molecule is CCOc1ncccc1CNC(=O)c1ccc(NC(=O)c2ccco2)s1. The van der Waals surface area contributed by atoms with E-state index in [0.717, 1.165) is 5.56 Å². The minimum atomic E-state index is -0.361. The zero-order chi connectivity index (χ0) is 18.4. The van der Waals surface area contributed by atoms with Crippen LogP contribution in [0.5, 0.6) is 5.88 Å². The summed E-state index contributed by atoms with van der Waals surface area (Å²) >= 11 is 1.18. The summed E-state index contributed by atoms with van der Waals surface area (Å²) in [4.78, 5) is 28.9. The molecule has 0 aromatic carbocycles. The molecule has 0 bridgehead atoms. The van der Waals surface area contributed by atoms with Crippen molar-refractivity contribution in [1.82, 2.24) is 10.3 Å². The van der Waals surface area contributed by atoms with Gasteiger partial charge in [0.1, 0.15) is 0 Å². The summed E-state index contributed by atoms with van der Waals surface area (Å²) in [5.74, 6) is 0.123. The Hall–Kier alpha value is -3.13. The highest BCUT2D eigenvalue weighted by molar-refractivity contribution is 7.18. The van der Waals surface area contributed by atoms with Gasteiger partial charge in [0.25, 0.3) is 11.8 Å². The molecule has 3 rings (SSSR count). The summed E-state index contributed by atoms with van der Waals surface area (Å²) in [6.07, 6.45) is 3.07. The molecule has 0 aliphatic heterocycles. The number of rotatable bonds is 7. The topological polar surface area (TPSA) is 93.5 Å². The van der Waals surface area contributed by atoms with Crippen LogP contribution in [-0.4, -0.2) is 23.4 Å². The Balaban J connectivity index is 1.59. The number of carbonyl (C=O) groups excluding carboxylic acids is 2. The molecule has 0 aliphatic rings. The number of nitrogens with one attached hydrogen (secondary N) is 2. The number of anilines is 1. The van der Waals surface area contributed by atoms with Crippen LogP contribution in [0.3, 0.4) is 0 Å². The molecule has 0 atom stereocenters. The van der Waals surface area contributed by atoms with Gasteiger partial charge >= 0.3 is 0 Å². The molecule has 0 saturated heterocycles. The Morgan fingerprint density at radius 2 is 2.08 bits per heavy atom. The van der Waals surface area contributed by atoms with Crippen LogP contribution in [0.1, 0.15) is 32.7 Å². The Morgan fingerprint density at radius 1 is 1.19 bits per heavy atom. The van der Waals surface area contributed by atoms with Gasteiger partial charge in [-0.15, -0.1) is 11.3 Å². The van der Waals surface area contributed by atoms with Crippen LogP contribution in [-0.2, 0) is 6.54 Å². The predicted octanol–water partition coefficient (Wildman–Crippen LogP) is 3.32. The van der Waals surface area contributed by atoms with Crippen LogP contribution in [0, 0.1) is 0 Å². The lowest BCUT2D eigenvalue weighted by atomic mass is 10.2. The maximum Gasteiger partial charge on any atom is 0.291 e. The van der Waals surface area contributed by atoms with Gasteiger partial charge in [-0.2, -0.15) is 0 Å². The van der Waals surface area contributed by atoms with Gasteiger partial charge in [0, 0.05) is 18.3 Å². The van der Waals surface area contributed by atoms with E-state index in [2.05, 4.69) is 15.6 Å². The first-order valence-electron chi connectivity index (χ1n) is 7.97. The van der Waals surface area contributed by atoms with Gasteiger partial charge in [-0.1, -0.05) is 6.07 Å². The van der Waals surface area contributed by atoms with Crippen molar-refractivity contribution in [2.24, 2.45) is 0 Å². The van der Waals surface area contributed by atoms with Crippen molar-refractivity contribution < 1.29 is 18.7 Å². The van der Waals surface area contributed by atoms with Gasteiger partial charge in [0.05, 0.1) is 22.7 Å². The van der Waals surface area contributed by atoms with Crippen molar-refractivity contribution in [2.75, 3.05) is 11.9 Å². The molecule has 0 fully saturated rings. The zero-order valence-corrected chi connectivity index (χ0v) is 14.8. The van der Waals surface area contributed by atoms with Crippen molar-refractivity contribution in [3.63, 3.8) is 0 Å². The molecular weight excluding hydrogens is 354 g/mol. The van der Waals surface area contributed by atoms with Crippen LogP contribution < -0.4 is 15.4 Å². The molecule has 7 nitrogen and oxygen atoms in total. The third-order valence-electron chi connectivity index (χ3n) is 3.38. The molecule has 134 valence electrons. The average Bonchev–Trinajstić information content (AvgIpc) is 3.33. The van der Waals surface area contributed by atoms with Crippen LogP contribution in [0.4, 0.5) is 5.00 Å². The van der Waals surface area contributed by atoms with E-state index in [1.54, 1.807) is 36.5 Å². The van der Waals surface area contributed by atoms with Crippen molar-refractivity contribution in [1.29, 1.82) is 0 Å². The zero-order valence-electron chi connectivity index (χ0n) is 14.0. The van der Waals surface area contributed by atoms with E-state index in [9.17, 15) is 9.59 Å². The van der Waals surface area contributed by atoms with Gasteiger partial charge in [-0.3, -0.25) is 9.59 Å². The molecule has 0 spiro atoms. The van der Waals surface area contributed by atoms with E-state index in [1.807, 2.05) is 13.0 Å². The lowest BCUT2D eigenvalue weighted by Gasteiger charge is -2.09. The highest BCUT2D eigenvalue weighted by Crippen LogP contribution is 2.23. The van der Waals surface area contributed by atoms with Gasteiger partial charge in [0.2, 0.25) is 5.88 Å². The first-order valence-corrected chi connectivity index (χ1v) is 8.78. The number of nitrogens with zero attached hydrogens (tertiary/aromatic N) is 1. The summed E-state index contributed by atoms with van der Waals surface area (Å²) in [5.41, 5.74) is 0.797. The second-order valence-corrected chi connectivity index (χ2v) is 6.26. The molecule has 0 saturated carbocycles. The number of hydrogen-bond acceptors (Lipinski definition) is 6. The number of carbonyl (C=O) groups is 2. The largest absolute Gasteiger partial charge is 0.478 e. The van der Waals surface area contributed by atoms with Crippen molar-refractivity contribution in [3.8, 4) is 5.88 Å². The molecule has 2 N–H and O–H groups in total. The molecule has 0 unspecified atom stereocenters. The van der Waals surface area contributed by atoms with Crippen molar-refractivity contribution in [2.45, 2.75) is 13.5 Å². The third-order valence-corrected chi connectivity index (χ3v) is 4.38. The standard InChI is InChI=1S/C18H17N3O4S/c1-2-24-18-12(5-3-9-19-18)11-20-17(23)14-7-8-15(26-14)21-16(22)13-6-4-10-25-13/h3-10H,2,11H2,1H3,(H,20,23)(H,21,22). The van der Waals surface area contributed by atoms with Gasteiger partial charge in [-0.05, 0) is 37.3 Å². The fourth-order valence-electron chi connectivity index (χ4n) is 2.20. The molecular formula is C18H17N3O4S. The second kappa shape index (κ2) is 8.30. The van der Waals surface area contributed by atoms with E-state index in [-0.39, 0.29) is 17.6 Å². The van der Waals surface area contributed by atoms with Crippen LogP contribution in [0.15, 0.2) is 53.3 Å². The first kappa shape index (κ1) is 17.7. The van der Waals surface area contributed by atoms with E-state index < -0.39 is 0 Å². The number of amides is 2. The Kier molecular flexibility index (Phi) is 5.65. The number of hydrogen-bond donors (Lipinski definition) is 2. The molecule has 3 aromatic heterocycles. The summed E-state index contributed by atoms with van der Waals surface area (Å²) in [6.45, 7) is 2.68. The van der Waals surface area contributed by atoms with Crippen LogP contribution in [0.2, 0.25) is 0 Å². The average molecular weight is 371 g/mol. The number of pyridine rings is 1. The lowest BCUT2D eigenvalue weighted by Crippen LogP contribution is -2.22. The minimum Gasteiger partial charge on any atom is -0.478 e. The number of aromatic nitrogens is 1. The molecule has 2 amide bonds. The highest BCUT2D eigenvalue weighted by atomic mass is 32.1. The highest BCUT2D eigenvalue weighted by Gasteiger charge is 2.14. The third kappa shape index (κ3) is 4.28. The van der Waals surface area contributed by atoms with E-state index in [0.29, 0.717) is 28.9 Å². The summed E-state index contributed by atoms with van der Waals surface area (Å²) in [5, 5.41) is 6.09. The maximum atomic E-state index is 12.3. The summed E-state index contributed by atoms with van der Waals surface area (Å²) in [6, 6.07) is 10.2. The Morgan fingerprint density at radius 3 is 2.85 bits per heavy atom. The maximum absolute atomic E-state index is 12.3. The van der Waals surface area contributed by atoms with E-state index >= 15 is 0 Å². The normalized spacial score (nSPS) is 10.3. The molecule has 26 heavy (non-hydrogen) atoms. The van der Waals surface area contributed by atoms with Gasteiger partial charge in [-0.25, -0.2) is 4.98 Å². The summed E-state index contributed by atoms with van der Waals surface area (Å²) < 4.78 is 10.5. The lowest BCUT2D eigenvalue weighted by molar-refractivity contribution is 0.0953. The Bertz CT molecular complexity index is 889. The smallest absolute Gasteiger partial charge is 0.291 e. The molecule has 8 heteroatoms. The van der Waals surface area contributed by atoms with Crippen molar-refractivity contribution >= 4 is 28.2 Å². The van der Waals surface area contributed by atoms with Crippen molar-refractivity contribution in [3.05, 3.63) is 65.1 Å². The number of furan rings is 1. The quantitative estimate of drug-likeness (QED) is 0.664. The molecule has 3 heterocycles. The molecule has 0 aliphatic carbocycles. The van der Waals surface area contributed by atoms with E-state index in [4.69, 9.17) is 9.15 Å². The fraction of sp³-hybridized carbons (Fsp3) is 0.167. The fourth-order valence-corrected chi connectivity index (χ4v) is 3.01. The number of thiophene rings is 1. The summed E-state index contributed by atoms with van der Waals surface area (Å²) in [7, 11) is 0. The minimum absolute atomic E-state index is 0.212. The molecule has 3 aromatic rings. The molecule has 0 radical (unpaired) electrons. The Labute approximate surface area is 154 Å². The van der Waals surface area contributed by atoms with E-state index in [1.165, 1.54) is 17.6 Å². The van der Waals surface area contributed by atoms with Crippen LogP contribution in [0.25, 0.3) is 0 Å². The monoisotopic (exact) mass is 371 g/mol.